The zero-order valence-corrected chi connectivity index (χ0v) is 10.0. The Kier molecular flexibility index (Phi) is 3.22. The summed E-state index contributed by atoms with van der Waals surface area (Å²) in [5.74, 6) is -0.479. The second kappa shape index (κ2) is 4.51. The van der Waals surface area contributed by atoms with Gasteiger partial charge in [0.05, 0.1) is 23.2 Å². The van der Waals surface area contributed by atoms with Gasteiger partial charge in [0.1, 0.15) is 5.82 Å². The molecule has 0 aliphatic rings. The van der Waals surface area contributed by atoms with Crippen LogP contribution in [-0.4, -0.2) is 5.11 Å². The zero-order valence-electron chi connectivity index (χ0n) is 9.28. The molecular formula is C13H12ClFO2. The van der Waals surface area contributed by atoms with Crippen LogP contribution in [0.1, 0.15) is 18.1 Å². The monoisotopic (exact) mass is 254 g/mol. The van der Waals surface area contributed by atoms with Crippen molar-refractivity contribution in [3.05, 3.63) is 58.8 Å². The van der Waals surface area contributed by atoms with Gasteiger partial charge in [-0.15, -0.1) is 0 Å². The number of benzene rings is 1. The summed E-state index contributed by atoms with van der Waals surface area (Å²) in [4.78, 5) is 0. The van der Waals surface area contributed by atoms with Crippen molar-refractivity contribution in [2.24, 2.45) is 0 Å². The first kappa shape index (κ1) is 12.1. The molecule has 1 heterocycles. The van der Waals surface area contributed by atoms with E-state index in [0.29, 0.717) is 11.1 Å². The van der Waals surface area contributed by atoms with Crippen molar-refractivity contribution in [3.63, 3.8) is 0 Å². The zero-order chi connectivity index (χ0) is 12.5. The van der Waals surface area contributed by atoms with Crippen molar-refractivity contribution in [2.75, 3.05) is 0 Å². The predicted octanol–water partition coefficient (Wildman–Crippen LogP) is 3.52. The van der Waals surface area contributed by atoms with Gasteiger partial charge in [-0.2, -0.15) is 0 Å². The normalized spacial score (nSPS) is 14.6. The molecule has 90 valence electrons. The SMILES string of the molecule is CC(O)(Cc1cccc(F)c1Cl)c1ccoc1. The summed E-state index contributed by atoms with van der Waals surface area (Å²) in [6.07, 6.45) is 3.17. The molecule has 1 aromatic carbocycles. The van der Waals surface area contributed by atoms with E-state index in [2.05, 4.69) is 0 Å². The standard InChI is InChI=1S/C13H12ClFO2/c1-13(16,10-5-6-17-8-10)7-9-3-2-4-11(15)12(9)14/h2-6,8,16H,7H2,1H3. The fourth-order valence-corrected chi connectivity index (χ4v) is 1.92. The highest BCUT2D eigenvalue weighted by Gasteiger charge is 2.26. The van der Waals surface area contributed by atoms with E-state index in [-0.39, 0.29) is 11.4 Å². The van der Waals surface area contributed by atoms with Crippen LogP contribution >= 0.6 is 11.6 Å². The summed E-state index contributed by atoms with van der Waals surface area (Å²) in [7, 11) is 0. The molecule has 1 N–H and O–H groups in total. The lowest BCUT2D eigenvalue weighted by atomic mass is 9.91. The largest absolute Gasteiger partial charge is 0.472 e. The minimum absolute atomic E-state index is 0.0521. The maximum atomic E-state index is 13.3. The van der Waals surface area contributed by atoms with Crippen LogP contribution in [0.25, 0.3) is 0 Å². The maximum Gasteiger partial charge on any atom is 0.142 e. The second-order valence-corrected chi connectivity index (χ2v) is 4.55. The molecule has 0 aliphatic heterocycles. The highest BCUT2D eigenvalue weighted by atomic mass is 35.5. The lowest BCUT2D eigenvalue weighted by molar-refractivity contribution is 0.0569. The molecule has 1 unspecified atom stereocenters. The molecule has 0 bridgehead atoms. The number of halogens is 2. The van der Waals surface area contributed by atoms with Crippen molar-refractivity contribution >= 4 is 11.6 Å². The minimum atomic E-state index is -1.13. The van der Waals surface area contributed by atoms with Crippen molar-refractivity contribution in [2.45, 2.75) is 18.9 Å². The predicted molar refractivity (Wildman–Crippen MR) is 63.4 cm³/mol. The van der Waals surface area contributed by atoms with Crippen molar-refractivity contribution in [1.29, 1.82) is 0 Å². The van der Waals surface area contributed by atoms with Gasteiger partial charge in [0, 0.05) is 12.0 Å². The van der Waals surface area contributed by atoms with E-state index < -0.39 is 11.4 Å². The van der Waals surface area contributed by atoms with Gasteiger partial charge in [-0.3, -0.25) is 0 Å². The first-order valence-corrected chi connectivity index (χ1v) is 5.56. The van der Waals surface area contributed by atoms with Crippen LogP contribution in [0.4, 0.5) is 4.39 Å². The Bertz CT molecular complexity index is 506. The Balaban J connectivity index is 2.29. The number of hydrogen-bond donors (Lipinski definition) is 1. The van der Waals surface area contributed by atoms with Gasteiger partial charge in [-0.05, 0) is 24.6 Å². The molecule has 17 heavy (non-hydrogen) atoms. The Morgan fingerprint density at radius 2 is 2.18 bits per heavy atom. The van der Waals surface area contributed by atoms with E-state index in [9.17, 15) is 9.50 Å². The summed E-state index contributed by atoms with van der Waals surface area (Å²) in [5.41, 5.74) is 0.0699. The van der Waals surface area contributed by atoms with Gasteiger partial charge in [-0.1, -0.05) is 23.7 Å². The number of aliphatic hydroxyl groups is 1. The molecule has 4 heteroatoms. The van der Waals surface area contributed by atoms with Gasteiger partial charge in [0.15, 0.2) is 0 Å². The van der Waals surface area contributed by atoms with Crippen LogP contribution < -0.4 is 0 Å². The lowest BCUT2D eigenvalue weighted by Gasteiger charge is -2.22. The molecule has 0 amide bonds. The molecule has 0 spiro atoms. The molecular weight excluding hydrogens is 243 g/mol. The van der Waals surface area contributed by atoms with E-state index >= 15 is 0 Å². The van der Waals surface area contributed by atoms with Crippen LogP contribution in [-0.2, 0) is 12.0 Å². The Morgan fingerprint density at radius 1 is 1.41 bits per heavy atom. The Hall–Kier alpha value is -1.32. The van der Waals surface area contributed by atoms with E-state index in [1.165, 1.54) is 18.6 Å². The first-order valence-electron chi connectivity index (χ1n) is 5.18. The first-order chi connectivity index (χ1) is 8.00. The average molecular weight is 255 g/mol. The fraction of sp³-hybridized carbons (Fsp3) is 0.231. The molecule has 0 aliphatic carbocycles. The molecule has 2 rings (SSSR count). The number of furan rings is 1. The second-order valence-electron chi connectivity index (χ2n) is 4.18. The molecule has 0 saturated carbocycles. The molecule has 1 atom stereocenters. The van der Waals surface area contributed by atoms with E-state index in [0.717, 1.165) is 0 Å². The third-order valence-corrected chi connectivity index (χ3v) is 3.13. The molecule has 2 nitrogen and oxygen atoms in total. The smallest absolute Gasteiger partial charge is 0.142 e. The van der Waals surface area contributed by atoms with Crippen LogP contribution in [0.2, 0.25) is 5.02 Å². The summed E-state index contributed by atoms with van der Waals surface area (Å²) in [6, 6.07) is 6.23. The third-order valence-electron chi connectivity index (χ3n) is 2.71. The number of hydrogen-bond acceptors (Lipinski definition) is 2. The van der Waals surface area contributed by atoms with E-state index in [1.807, 2.05) is 0 Å². The van der Waals surface area contributed by atoms with Crippen LogP contribution in [0.15, 0.2) is 41.2 Å². The maximum absolute atomic E-state index is 13.3. The van der Waals surface area contributed by atoms with Gasteiger partial charge in [0.2, 0.25) is 0 Å². The summed E-state index contributed by atoms with van der Waals surface area (Å²) in [6.45, 7) is 1.64. The number of rotatable bonds is 3. The third kappa shape index (κ3) is 2.51. The highest BCUT2D eigenvalue weighted by molar-refractivity contribution is 6.31. The van der Waals surface area contributed by atoms with Gasteiger partial charge >= 0.3 is 0 Å². The molecule has 2 aromatic rings. The van der Waals surface area contributed by atoms with Crippen molar-refractivity contribution in [1.82, 2.24) is 0 Å². The quantitative estimate of drug-likeness (QED) is 0.909. The van der Waals surface area contributed by atoms with Crippen LogP contribution in [0.3, 0.4) is 0 Å². The topological polar surface area (TPSA) is 33.4 Å². The van der Waals surface area contributed by atoms with Crippen molar-refractivity contribution < 1.29 is 13.9 Å². The van der Waals surface area contributed by atoms with Gasteiger partial charge in [0.25, 0.3) is 0 Å². The van der Waals surface area contributed by atoms with E-state index in [4.69, 9.17) is 16.0 Å². The average Bonchev–Trinajstić information content (AvgIpc) is 2.78. The molecule has 0 radical (unpaired) electrons. The minimum Gasteiger partial charge on any atom is -0.472 e. The summed E-state index contributed by atoms with van der Waals surface area (Å²) >= 11 is 5.85. The van der Waals surface area contributed by atoms with E-state index in [1.54, 1.807) is 25.1 Å². The van der Waals surface area contributed by atoms with Crippen molar-refractivity contribution in [3.8, 4) is 0 Å². The molecule has 0 saturated heterocycles. The molecule has 1 aromatic heterocycles. The Labute approximate surface area is 104 Å². The highest BCUT2D eigenvalue weighted by Crippen LogP contribution is 2.29. The van der Waals surface area contributed by atoms with Crippen LogP contribution in [0, 0.1) is 5.82 Å². The lowest BCUT2D eigenvalue weighted by Crippen LogP contribution is -2.23. The fourth-order valence-electron chi connectivity index (χ4n) is 1.73. The molecule has 0 fully saturated rings. The summed E-state index contributed by atoms with van der Waals surface area (Å²) in [5, 5.41) is 10.4. The van der Waals surface area contributed by atoms with Gasteiger partial charge < -0.3 is 9.52 Å². The van der Waals surface area contributed by atoms with Gasteiger partial charge in [-0.25, -0.2) is 4.39 Å². The van der Waals surface area contributed by atoms with Crippen LogP contribution in [0.5, 0.6) is 0 Å². The summed E-state index contributed by atoms with van der Waals surface area (Å²) < 4.78 is 18.2. The Morgan fingerprint density at radius 3 is 2.82 bits per heavy atom.